The number of anilines is 1. The first-order valence-corrected chi connectivity index (χ1v) is 4.97. The van der Waals surface area contributed by atoms with E-state index in [0.717, 1.165) is 11.2 Å². The Bertz CT molecular complexity index is 507. The summed E-state index contributed by atoms with van der Waals surface area (Å²) in [5.41, 5.74) is 2.31. The van der Waals surface area contributed by atoms with E-state index in [-0.39, 0.29) is 0 Å². The minimum atomic E-state index is -0.812. The molecule has 0 fully saturated rings. The molecule has 0 radical (unpaired) electrons. The van der Waals surface area contributed by atoms with Crippen molar-refractivity contribution in [3.8, 4) is 0 Å². The molecule has 0 aliphatic rings. The van der Waals surface area contributed by atoms with E-state index in [1.54, 1.807) is 13.0 Å². The highest BCUT2D eigenvalue weighted by atomic mass is 16.4. The molecular weight excluding hydrogens is 208 g/mol. The van der Waals surface area contributed by atoms with Gasteiger partial charge in [0.2, 0.25) is 0 Å². The molecule has 2 N–H and O–H groups in total. The van der Waals surface area contributed by atoms with E-state index in [9.17, 15) is 4.79 Å². The van der Waals surface area contributed by atoms with Crippen molar-refractivity contribution in [1.29, 1.82) is 0 Å². The number of hydrogen-bond acceptors (Lipinski definition) is 4. The van der Waals surface area contributed by atoms with Crippen LogP contribution >= 0.6 is 0 Å². The predicted octanol–water partition coefficient (Wildman–Crippen LogP) is 1.96. The summed E-state index contributed by atoms with van der Waals surface area (Å²) in [5.74, 6) is -1.24. The van der Waals surface area contributed by atoms with Gasteiger partial charge in [-0.15, -0.1) is 0 Å². The molecule has 16 heavy (non-hydrogen) atoms. The molecule has 2 rings (SSSR count). The SMILES string of the molecule is CC(CNc1ccc2ncoc2c1)C(=O)O. The van der Waals surface area contributed by atoms with Crippen molar-refractivity contribution in [1.82, 2.24) is 4.98 Å². The number of fused-ring (bicyclic) bond motifs is 1. The molecule has 5 nitrogen and oxygen atoms in total. The standard InChI is InChI=1S/C11H12N2O3/c1-7(11(14)15)5-12-8-2-3-9-10(4-8)16-6-13-9/h2-4,6-7,12H,5H2,1H3,(H,14,15). The lowest BCUT2D eigenvalue weighted by Crippen LogP contribution is -2.19. The van der Waals surface area contributed by atoms with Crippen LogP contribution in [0.25, 0.3) is 11.1 Å². The Morgan fingerprint density at radius 1 is 1.62 bits per heavy atom. The maximum atomic E-state index is 10.6. The van der Waals surface area contributed by atoms with E-state index >= 15 is 0 Å². The van der Waals surface area contributed by atoms with E-state index in [0.29, 0.717) is 12.1 Å². The minimum absolute atomic E-state index is 0.384. The molecule has 0 saturated heterocycles. The van der Waals surface area contributed by atoms with E-state index in [2.05, 4.69) is 10.3 Å². The lowest BCUT2D eigenvalue weighted by Gasteiger charge is -2.08. The normalized spacial score (nSPS) is 12.6. The molecule has 2 aromatic rings. The van der Waals surface area contributed by atoms with Crippen molar-refractivity contribution in [2.24, 2.45) is 5.92 Å². The second-order valence-electron chi connectivity index (χ2n) is 3.66. The van der Waals surface area contributed by atoms with Crippen molar-refractivity contribution >= 4 is 22.8 Å². The second kappa shape index (κ2) is 4.22. The fourth-order valence-corrected chi connectivity index (χ4v) is 1.32. The highest BCUT2D eigenvalue weighted by molar-refractivity contribution is 5.77. The first-order valence-electron chi connectivity index (χ1n) is 4.97. The van der Waals surface area contributed by atoms with Gasteiger partial charge in [-0.1, -0.05) is 6.92 Å². The Hall–Kier alpha value is -2.04. The highest BCUT2D eigenvalue weighted by Crippen LogP contribution is 2.17. The van der Waals surface area contributed by atoms with E-state index in [4.69, 9.17) is 9.52 Å². The summed E-state index contributed by atoms with van der Waals surface area (Å²) in [4.78, 5) is 14.6. The largest absolute Gasteiger partial charge is 0.481 e. The monoisotopic (exact) mass is 220 g/mol. The summed E-state index contributed by atoms with van der Waals surface area (Å²) in [6, 6.07) is 5.48. The van der Waals surface area contributed by atoms with Crippen LogP contribution in [0.2, 0.25) is 0 Å². The van der Waals surface area contributed by atoms with Crippen LogP contribution in [0.15, 0.2) is 29.0 Å². The first kappa shape index (κ1) is 10.5. The number of aromatic nitrogens is 1. The summed E-state index contributed by atoms with van der Waals surface area (Å²) in [7, 11) is 0. The summed E-state index contributed by atoms with van der Waals surface area (Å²) >= 11 is 0. The number of nitrogens with one attached hydrogen (secondary N) is 1. The Morgan fingerprint density at radius 2 is 2.44 bits per heavy atom. The van der Waals surface area contributed by atoms with Crippen LogP contribution in [0.3, 0.4) is 0 Å². The third-order valence-electron chi connectivity index (χ3n) is 2.37. The molecule has 1 aromatic carbocycles. The lowest BCUT2D eigenvalue weighted by molar-refractivity contribution is -0.140. The van der Waals surface area contributed by atoms with Crippen molar-refractivity contribution < 1.29 is 14.3 Å². The van der Waals surface area contributed by atoms with Crippen LogP contribution in [0.5, 0.6) is 0 Å². The summed E-state index contributed by atoms with van der Waals surface area (Å²) in [6.45, 7) is 2.04. The Labute approximate surface area is 92.1 Å². The maximum absolute atomic E-state index is 10.6. The molecule has 0 aliphatic carbocycles. The molecule has 84 valence electrons. The number of rotatable bonds is 4. The van der Waals surface area contributed by atoms with Crippen LogP contribution in [0.4, 0.5) is 5.69 Å². The van der Waals surface area contributed by atoms with Gasteiger partial charge in [-0.2, -0.15) is 0 Å². The summed E-state index contributed by atoms with van der Waals surface area (Å²) in [6.07, 6.45) is 1.38. The molecule has 0 spiro atoms. The third kappa shape index (κ3) is 2.13. The molecule has 5 heteroatoms. The van der Waals surface area contributed by atoms with Gasteiger partial charge < -0.3 is 14.8 Å². The first-order chi connectivity index (χ1) is 7.66. The quantitative estimate of drug-likeness (QED) is 0.823. The zero-order valence-electron chi connectivity index (χ0n) is 8.80. The molecule has 0 bridgehead atoms. The van der Waals surface area contributed by atoms with Crippen molar-refractivity contribution in [2.75, 3.05) is 11.9 Å². The number of hydrogen-bond donors (Lipinski definition) is 2. The van der Waals surface area contributed by atoms with Crippen LogP contribution in [-0.4, -0.2) is 22.6 Å². The Balaban J connectivity index is 2.06. The van der Waals surface area contributed by atoms with Crippen molar-refractivity contribution in [2.45, 2.75) is 6.92 Å². The minimum Gasteiger partial charge on any atom is -0.481 e. The van der Waals surface area contributed by atoms with Gasteiger partial charge in [0.25, 0.3) is 0 Å². The fourth-order valence-electron chi connectivity index (χ4n) is 1.32. The number of benzene rings is 1. The van der Waals surface area contributed by atoms with Gasteiger partial charge in [-0.3, -0.25) is 4.79 Å². The maximum Gasteiger partial charge on any atom is 0.308 e. The van der Waals surface area contributed by atoms with Gasteiger partial charge in [0.05, 0.1) is 5.92 Å². The number of carbonyl (C=O) groups is 1. The second-order valence-corrected chi connectivity index (χ2v) is 3.66. The smallest absolute Gasteiger partial charge is 0.308 e. The van der Waals surface area contributed by atoms with Gasteiger partial charge in [-0.25, -0.2) is 4.98 Å². The summed E-state index contributed by atoms with van der Waals surface area (Å²) in [5, 5.41) is 11.8. The van der Waals surface area contributed by atoms with E-state index in [1.165, 1.54) is 6.39 Å². The van der Waals surface area contributed by atoms with Crippen LogP contribution in [0, 0.1) is 5.92 Å². The van der Waals surface area contributed by atoms with Gasteiger partial charge in [-0.05, 0) is 12.1 Å². The molecule has 0 amide bonds. The average molecular weight is 220 g/mol. The zero-order valence-corrected chi connectivity index (χ0v) is 8.80. The molecule has 0 aliphatic heterocycles. The van der Waals surface area contributed by atoms with Crippen LogP contribution < -0.4 is 5.32 Å². The number of aliphatic carboxylic acids is 1. The Kier molecular flexibility index (Phi) is 2.76. The summed E-state index contributed by atoms with van der Waals surface area (Å²) < 4.78 is 5.15. The predicted molar refractivity (Wildman–Crippen MR) is 59.3 cm³/mol. The van der Waals surface area contributed by atoms with Gasteiger partial charge >= 0.3 is 5.97 Å². The molecule has 1 heterocycles. The lowest BCUT2D eigenvalue weighted by atomic mass is 10.2. The number of oxazole rings is 1. The molecule has 0 saturated carbocycles. The third-order valence-corrected chi connectivity index (χ3v) is 2.37. The fraction of sp³-hybridized carbons (Fsp3) is 0.273. The Morgan fingerprint density at radius 3 is 3.19 bits per heavy atom. The molecular formula is C11H12N2O3. The van der Waals surface area contributed by atoms with Crippen molar-refractivity contribution in [3.63, 3.8) is 0 Å². The molecule has 1 atom stereocenters. The van der Waals surface area contributed by atoms with E-state index < -0.39 is 11.9 Å². The van der Waals surface area contributed by atoms with Crippen LogP contribution in [0.1, 0.15) is 6.92 Å². The number of carboxylic acids is 1. The van der Waals surface area contributed by atoms with Gasteiger partial charge in [0.15, 0.2) is 12.0 Å². The topological polar surface area (TPSA) is 75.4 Å². The zero-order chi connectivity index (χ0) is 11.5. The molecule has 1 unspecified atom stereocenters. The number of carboxylic acid groups (broad SMARTS) is 1. The average Bonchev–Trinajstić information content (AvgIpc) is 2.72. The highest BCUT2D eigenvalue weighted by Gasteiger charge is 2.10. The van der Waals surface area contributed by atoms with Crippen molar-refractivity contribution in [3.05, 3.63) is 24.6 Å². The van der Waals surface area contributed by atoms with Gasteiger partial charge in [0.1, 0.15) is 5.52 Å². The van der Waals surface area contributed by atoms with Gasteiger partial charge in [0, 0.05) is 18.3 Å². The van der Waals surface area contributed by atoms with E-state index in [1.807, 2.05) is 12.1 Å². The van der Waals surface area contributed by atoms with Crippen LogP contribution in [-0.2, 0) is 4.79 Å². The molecule has 1 aromatic heterocycles. The number of nitrogens with zero attached hydrogens (tertiary/aromatic N) is 1.